The number of aromatic nitrogens is 2. The summed E-state index contributed by atoms with van der Waals surface area (Å²) in [5.41, 5.74) is 9.97. The van der Waals surface area contributed by atoms with Gasteiger partial charge in [-0.2, -0.15) is 4.57 Å². The van der Waals surface area contributed by atoms with Gasteiger partial charge in [-0.05, 0) is 50.1 Å². The second kappa shape index (κ2) is 9.45. The van der Waals surface area contributed by atoms with Crippen LogP contribution in [0.3, 0.4) is 0 Å². The van der Waals surface area contributed by atoms with Crippen LogP contribution < -0.4 is 9.13 Å². The molecule has 0 aliphatic carbocycles. The molecule has 3 heteroatoms. The first-order valence-corrected chi connectivity index (χ1v) is 14.1. The molecule has 0 saturated carbocycles. The van der Waals surface area contributed by atoms with Crippen molar-refractivity contribution in [1.82, 2.24) is 0 Å². The van der Waals surface area contributed by atoms with Gasteiger partial charge in [0.25, 0.3) is 5.69 Å². The molecule has 0 aliphatic heterocycles. The summed E-state index contributed by atoms with van der Waals surface area (Å²) >= 11 is 0. The van der Waals surface area contributed by atoms with E-state index in [1.807, 2.05) is 6.07 Å². The van der Waals surface area contributed by atoms with Crippen LogP contribution in [0.4, 0.5) is 0 Å². The van der Waals surface area contributed by atoms with Crippen LogP contribution in [0.1, 0.15) is 54.4 Å². The highest BCUT2D eigenvalue weighted by Crippen LogP contribution is 2.49. The summed E-state index contributed by atoms with van der Waals surface area (Å²) < 4.78 is 11.1. The van der Waals surface area contributed by atoms with Crippen LogP contribution in [0, 0.1) is 20.8 Å². The zero-order valence-corrected chi connectivity index (χ0v) is 24.6. The van der Waals surface area contributed by atoms with Gasteiger partial charge in [0.2, 0.25) is 5.58 Å². The Morgan fingerprint density at radius 1 is 0.625 bits per heavy atom. The van der Waals surface area contributed by atoms with E-state index < -0.39 is 0 Å². The summed E-state index contributed by atoms with van der Waals surface area (Å²) in [7, 11) is 2.16. The van der Waals surface area contributed by atoms with E-state index in [0.717, 1.165) is 27.6 Å². The van der Waals surface area contributed by atoms with Crippen LogP contribution in [0.25, 0.3) is 27.6 Å². The van der Waals surface area contributed by atoms with E-state index in [2.05, 4.69) is 155 Å². The molecule has 6 aromatic rings. The lowest BCUT2D eigenvalue weighted by Crippen LogP contribution is -2.53. The van der Waals surface area contributed by atoms with Crippen LogP contribution in [0.2, 0.25) is 0 Å². The smallest absolute Gasteiger partial charge is 0.257 e. The van der Waals surface area contributed by atoms with Crippen molar-refractivity contribution in [2.75, 3.05) is 0 Å². The largest absolute Gasteiger partial charge is 0.449 e. The summed E-state index contributed by atoms with van der Waals surface area (Å²) in [6, 6.07) is 32.6. The van der Waals surface area contributed by atoms with Gasteiger partial charge < -0.3 is 4.42 Å². The average Bonchev–Trinajstić information content (AvgIpc) is 3.32. The first-order valence-electron chi connectivity index (χ1n) is 14.1. The molecule has 0 N–H and O–H groups in total. The Balaban J connectivity index is 1.63. The maximum absolute atomic E-state index is 6.51. The van der Waals surface area contributed by atoms with Crippen molar-refractivity contribution in [3.63, 3.8) is 0 Å². The van der Waals surface area contributed by atoms with Crippen molar-refractivity contribution in [3.8, 4) is 5.69 Å². The second-order valence-corrected chi connectivity index (χ2v) is 11.8. The van der Waals surface area contributed by atoms with Crippen LogP contribution in [-0.2, 0) is 17.9 Å². The fraction of sp³-hybridized carbons (Fsp3) is 0.243. The number of para-hydroxylation sites is 1. The Kier molecular flexibility index (Phi) is 6.14. The minimum absolute atomic E-state index is 0.277. The van der Waals surface area contributed by atoms with Gasteiger partial charge in [-0.1, -0.05) is 68.4 Å². The van der Waals surface area contributed by atoms with Crippen LogP contribution in [-0.4, -0.2) is 0 Å². The Morgan fingerprint density at radius 3 is 2.10 bits per heavy atom. The van der Waals surface area contributed by atoms with Gasteiger partial charge >= 0.3 is 0 Å². The number of hydrogen-bond donors (Lipinski definition) is 0. The van der Waals surface area contributed by atoms with E-state index in [9.17, 15) is 0 Å². The lowest BCUT2D eigenvalue weighted by atomic mass is 9.57. The van der Waals surface area contributed by atoms with E-state index in [-0.39, 0.29) is 10.8 Å². The third-order valence-electron chi connectivity index (χ3n) is 9.39. The highest BCUT2D eigenvalue weighted by molar-refractivity contribution is 6.07. The van der Waals surface area contributed by atoms with E-state index in [1.54, 1.807) is 0 Å². The van der Waals surface area contributed by atoms with Gasteiger partial charge in [-0.25, -0.2) is 4.57 Å². The van der Waals surface area contributed by atoms with Gasteiger partial charge in [-0.3, -0.25) is 0 Å². The molecule has 3 nitrogen and oxygen atoms in total. The molecule has 1 unspecified atom stereocenters. The van der Waals surface area contributed by atoms with Crippen molar-refractivity contribution in [3.05, 3.63) is 137 Å². The van der Waals surface area contributed by atoms with Crippen molar-refractivity contribution in [2.45, 2.75) is 52.4 Å². The fourth-order valence-corrected chi connectivity index (χ4v) is 6.90. The molecule has 40 heavy (non-hydrogen) atoms. The number of nitrogens with zero attached hydrogens (tertiary/aromatic N) is 2. The number of pyridine rings is 2. The second-order valence-electron chi connectivity index (χ2n) is 11.8. The van der Waals surface area contributed by atoms with E-state index in [1.165, 1.54) is 33.6 Å². The van der Waals surface area contributed by atoms with E-state index in [0.29, 0.717) is 0 Å². The lowest BCUT2D eigenvalue weighted by Gasteiger charge is -2.43. The van der Waals surface area contributed by atoms with Gasteiger partial charge in [0, 0.05) is 52.4 Å². The normalized spacial score (nSPS) is 13.6. The average molecular weight is 527 g/mol. The van der Waals surface area contributed by atoms with Gasteiger partial charge in [-0.15, -0.1) is 0 Å². The molecule has 6 rings (SSSR count). The Bertz CT molecular complexity index is 1850. The number of benzene rings is 3. The topological polar surface area (TPSA) is 20.9 Å². The molecular formula is C37H38N2O+2. The number of rotatable bonds is 5. The number of aryl methyl sites for hydroxylation is 3. The van der Waals surface area contributed by atoms with Crippen molar-refractivity contribution in [1.29, 1.82) is 0 Å². The Labute approximate surface area is 237 Å². The maximum atomic E-state index is 6.51. The minimum Gasteiger partial charge on any atom is -0.449 e. The number of hydrogen-bond acceptors (Lipinski definition) is 1. The summed E-state index contributed by atoms with van der Waals surface area (Å²) in [6.07, 6.45) is 4.34. The SMILES string of the molecule is Cc1ccccc1C(C)(c1cccc[n+]1C)C(C)(C)c1ccc[n+](-c2c(C)ccc3c2oc2ccccc23)c1C. The lowest BCUT2D eigenvalue weighted by molar-refractivity contribution is -0.682. The fourth-order valence-electron chi connectivity index (χ4n) is 6.90. The molecule has 0 aliphatic rings. The van der Waals surface area contributed by atoms with Gasteiger partial charge in [0.15, 0.2) is 23.8 Å². The highest BCUT2D eigenvalue weighted by Gasteiger charge is 2.52. The Hall–Kier alpha value is -4.24. The molecule has 0 spiro atoms. The van der Waals surface area contributed by atoms with Crippen molar-refractivity contribution < 1.29 is 13.6 Å². The molecule has 0 radical (unpaired) electrons. The molecule has 0 saturated heterocycles. The first kappa shape index (κ1) is 26.0. The molecule has 3 aromatic heterocycles. The van der Waals surface area contributed by atoms with Crippen molar-refractivity contribution >= 4 is 21.9 Å². The summed E-state index contributed by atoms with van der Waals surface area (Å²) in [6.45, 7) is 13.9. The predicted molar refractivity (Wildman–Crippen MR) is 163 cm³/mol. The van der Waals surface area contributed by atoms with E-state index >= 15 is 0 Å². The Morgan fingerprint density at radius 2 is 1.32 bits per heavy atom. The molecule has 200 valence electrons. The van der Waals surface area contributed by atoms with Crippen molar-refractivity contribution in [2.24, 2.45) is 7.05 Å². The molecule has 0 fully saturated rings. The standard InChI is InChI=1S/C37H38N2O/c1-25-15-8-10-17-30(25)37(6,33-20-12-13-23-38(33)7)36(4,5)31-18-14-24-39(27(31)3)34-26(2)21-22-29-28-16-9-11-19-32(28)40-35(29)34/h8-24H,1-7H3/q+2. The third kappa shape index (κ3) is 3.71. The molecule has 3 aromatic carbocycles. The molecule has 3 heterocycles. The molecule has 0 amide bonds. The molecule has 1 atom stereocenters. The highest BCUT2D eigenvalue weighted by atomic mass is 16.3. The zero-order chi connectivity index (χ0) is 28.2. The van der Waals surface area contributed by atoms with Gasteiger partial charge in [0.1, 0.15) is 12.6 Å². The minimum atomic E-state index is -0.321. The van der Waals surface area contributed by atoms with Gasteiger partial charge in [0.05, 0.1) is 5.41 Å². The van der Waals surface area contributed by atoms with Crippen LogP contribution in [0.15, 0.2) is 108 Å². The van der Waals surface area contributed by atoms with Crippen LogP contribution in [0.5, 0.6) is 0 Å². The summed E-state index contributed by atoms with van der Waals surface area (Å²) in [4.78, 5) is 0. The summed E-state index contributed by atoms with van der Waals surface area (Å²) in [5.74, 6) is 0. The predicted octanol–water partition coefficient (Wildman–Crippen LogP) is 7.90. The number of fused-ring (bicyclic) bond motifs is 3. The molecule has 0 bridgehead atoms. The summed E-state index contributed by atoms with van der Waals surface area (Å²) in [5, 5.41) is 2.30. The third-order valence-corrected chi connectivity index (χ3v) is 9.39. The molecular weight excluding hydrogens is 488 g/mol. The number of furan rings is 1. The van der Waals surface area contributed by atoms with Crippen LogP contribution >= 0.6 is 0 Å². The monoisotopic (exact) mass is 526 g/mol. The van der Waals surface area contributed by atoms with E-state index in [4.69, 9.17) is 4.42 Å². The quantitative estimate of drug-likeness (QED) is 0.209. The maximum Gasteiger partial charge on any atom is 0.257 e. The first-order chi connectivity index (χ1) is 19.2. The zero-order valence-electron chi connectivity index (χ0n) is 24.6.